The Bertz CT molecular complexity index is 624. The standard InChI is InChI=1S/C21H33N3O2/c1-21(2,3)19-15(8-7-12-26-19)14-23-20(22-4)24-17-11-13-25-18-10-6-5-9-16(17)18/h5-6,9-10,15,17,19H,7-8,11-14H2,1-4H3,(H2,22,23,24). The molecule has 0 aromatic heterocycles. The molecule has 0 spiro atoms. The van der Waals surface area contributed by atoms with Crippen molar-refractivity contribution in [2.75, 3.05) is 26.8 Å². The monoisotopic (exact) mass is 359 g/mol. The van der Waals surface area contributed by atoms with Gasteiger partial charge >= 0.3 is 0 Å². The van der Waals surface area contributed by atoms with Crippen molar-refractivity contribution < 1.29 is 9.47 Å². The van der Waals surface area contributed by atoms with E-state index < -0.39 is 0 Å². The van der Waals surface area contributed by atoms with Crippen molar-refractivity contribution in [3.63, 3.8) is 0 Å². The van der Waals surface area contributed by atoms with Crippen molar-refractivity contribution >= 4 is 5.96 Å². The molecule has 1 aromatic rings. The Morgan fingerprint density at radius 1 is 1.19 bits per heavy atom. The van der Waals surface area contributed by atoms with Crippen molar-refractivity contribution in [3.8, 4) is 5.75 Å². The quantitative estimate of drug-likeness (QED) is 0.640. The molecule has 3 rings (SSSR count). The summed E-state index contributed by atoms with van der Waals surface area (Å²) in [6, 6.07) is 8.47. The normalized spacial score (nSPS) is 26.6. The van der Waals surface area contributed by atoms with Gasteiger partial charge in [0.2, 0.25) is 0 Å². The van der Waals surface area contributed by atoms with Gasteiger partial charge in [0, 0.05) is 38.1 Å². The van der Waals surface area contributed by atoms with Crippen LogP contribution in [-0.4, -0.2) is 38.9 Å². The molecule has 26 heavy (non-hydrogen) atoms. The van der Waals surface area contributed by atoms with E-state index in [1.165, 1.54) is 12.0 Å². The number of benzene rings is 1. The molecule has 5 nitrogen and oxygen atoms in total. The van der Waals surface area contributed by atoms with Crippen LogP contribution in [0.4, 0.5) is 0 Å². The Morgan fingerprint density at radius 3 is 2.77 bits per heavy atom. The predicted octanol–water partition coefficient (Wildman–Crippen LogP) is 3.52. The van der Waals surface area contributed by atoms with Crippen LogP contribution in [0.2, 0.25) is 0 Å². The van der Waals surface area contributed by atoms with Crippen LogP contribution in [0, 0.1) is 11.3 Å². The second-order valence-corrected chi connectivity index (χ2v) is 8.38. The fraction of sp³-hybridized carbons (Fsp3) is 0.667. The first-order valence-electron chi connectivity index (χ1n) is 9.79. The minimum absolute atomic E-state index is 0.156. The first-order chi connectivity index (χ1) is 12.5. The summed E-state index contributed by atoms with van der Waals surface area (Å²) in [5, 5.41) is 7.11. The lowest BCUT2D eigenvalue weighted by Gasteiger charge is -2.40. The summed E-state index contributed by atoms with van der Waals surface area (Å²) in [5.41, 5.74) is 1.36. The molecule has 5 heteroatoms. The van der Waals surface area contributed by atoms with Gasteiger partial charge in [0.15, 0.2) is 5.96 Å². The topological polar surface area (TPSA) is 54.9 Å². The first-order valence-corrected chi connectivity index (χ1v) is 9.79. The second kappa shape index (κ2) is 8.30. The molecule has 0 bridgehead atoms. The van der Waals surface area contributed by atoms with Crippen LogP contribution in [0.25, 0.3) is 0 Å². The SMILES string of the molecule is CN=C(NCC1CCCOC1C(C)(C)C)NC1CCOc2ccccc21. The predicted molar refractivity (Wildman–Crippen MR) is 106 cm³/mol. The van der Waals surface area contributed by atoms with Crippen LogP contribution < -0.4 is 15.4 Å². The number of hydrogen-bond acceptors (Lipinski definition) is 3. The Balaban J connectivity index is 1.60. The second-order valence-electron chi connectivity index (χ2n) is 8.38. The molecule has 3 unspecified atom stereocenters. The summed E-state index contributed by atoms with van der Waals surface area (Å²) >= 11 is 0. The van der Waals surface area contributed by atoms with Crippen LogP contribution in [0.15, 0.2) is 29.3 Å². The third-order valence-corrected chi connectivity index (χ3v) is 5.32. The van der Waals surface area contributed by atoms with E-state index in [0.29, 0.717) is 5.92 Å². The maximum Gasteiger partial charge on any atom is 0.191 e. The lowest BCUT2D eigenvalue weighted by atomic mass is 9.78. The van der Waals surface area contributed by atoms with Gasteiger partial charge < -0.3 is 20.1 Å². The molecule has 0 amide bonds. The number of guanidine groups is 1. The molecule has 2 aliphatic heterocycles. The minimum atomic E-state index is 0.156. The molecule has 0 radical (unpaired) electrons. The lowest BCUT2D eigenvalue weighted by molar-refractivity contribution is -0.0835. The van der Waals surface area contributed by atoms with Gasteiger partial charge in [-0.05, 0) is 24.3 Å². The molecule has 0 saturated carbocycles. The van der Waals surface area contributed by atoms with E-state index in [1.807, 2.05) is 19.2 Å². The smallest absolute Gasteiger partial charge is 0.191 e. The van der Waals surface area contributed by atoms with E-state index in [4.69, 9.17) is 9.47 Å². The molecule has 1 aromatic carbocycles. The van der Waals surface area contributed by atoms with Gasteiger partial charge in [0.25, 0.3) is 0 Å². The summed E-state index contributed by atoms with van der Waals surface area (Å²) < 4.78 is 11.9. The fourth-order valence-corrected chi connectivity index (χ4v) is 4.09. The van der Waals surface area contributed by atoms with Crippen molar-refractivity contribution in [3.05, 3.63) is 29.8 Å². The largest absolute Gasteiger partial charge is 0.493 e. The summed E-state index contributed by atoms with van der Waals surface area (Å²) in [6.45, 7) is 9.29. The summed E-state index contributed by atoms with van der Waals surface area (Å²) in [6.07, 6.45) is 3.56. The van der Waals surface area contributed by atoms with Crippen molar-refractivity contribution in [1.82, 2.24) is 10.6 Å². The number of fused-ring (bicyclic) bond motifs is 1. The average molecular weight is 360 g/mol. The van der Waals surface area contributed by atoms with Crippen LogP contribution in [0.1, 0.15) is 51.6 Å². The van der Waals surface area contributed by atoms with E-state index >= 15 is 0 Å². The number of aliphatic imine (C=N–C) groups is 1. The van der Waals surface area contributed by atoms with Crippen molar-refractivity contribution in [2.45, 2.75) is 52.2 Å². The highest BCUT2D eigenvalue weighted by molar-refractivity contribution is 5.80. The molecule has 1 fully saturated rings. The zero-order chi connectivity index (χ0) is 18.6. The Kier molecular flexibility index (Phi) is 6.07. The fourth-order valence-electron chi connectivity index (χ4n) is 4.09. The third-order valence-electron chi connectivity index (χ3n) is 5.32. The zero-order valence-electron chi connectivity index (χ0n) is 16.5. The highest BCUT2D eigenvalue weighted by Gasteiger charge is 2.35. The van der Waals surface area contributed by atoms with Crippen molar-refractivity contribution in [1.29, 1.82) is 0 Å². The van der Waals surface area contributed by atoms with E-state index in [2.05, 4.69) is 48.5 Å². The van der Waals surface area contributed by atoms with Crippen LogP contribution >= 0.6 is 0 Å². The maximum absolute atomic E-state index is 6.10. The lowest BCUT2D eigenvalue weighted by Crippen LogP contribution is -2.48. The third kappa shape index (κ3) is 4.50. The van der Waals surface area contributed by atoms with Gasteiger partial charge in [-0.1, -0.05) is 39.0 Å². The Morgan fingerprint density at radius 2 is 2.00 bits per heavy atom. The van der Waals surface area contributed by atoms with Gasteiger partial charge in [0.1, 0.15) is 5.75 Å². The summed E-state index contributed by atoms with van der Waals surface area (Å²) in [5.74, 6) is 2.33. The number of nitrogens with one attached hydrogen (secondary N) is 2. The maximum atomic E-state index is 6.10. The molecule has 0 aliphatic carbocycles. The molecular weight excluding hydrogens is 326 g/mol. The van der Waals surface area contributed by atoms with Gasteiger partial charge in [-0.3, -0.25) is 4.99 Å². The van der Waals surface area contributed by atoms with E-state index in [1.54, 1.807) is 0 Å². The highest BCUT2D eigenvalue weighted by Crippen LogP contribution is 2.34. The first kappa shape index (κ1) is 19.0. The Labute approximate surface area is 157 Å². The molecular formula is C21H33N3O2. The van der Waals surface area contributed by atoms with E-state index in [0.717, 1.165) is 44.3 Å². The van der Waals surface area contributed by atoms with Gasteiger partial charge in [-0.25, -0.2) is 0 Å². The van der Waals surface area contributed by atoms with Gasteiger partial charge in [-0.2, -0.15) is 0 Å². The summed E-state index contributed by atoms with van der Waals surface area (Å²) in [4.78, 5) is 4.44. The number of rotatable bonds is 3. The molecule has 1 saturated heterocycles. The number of hydrogen-bond donors (Lipinski definition) is 2. The molecule has 3 atom stereocenters. The zero-order valence-corrected chi connectivity index (χ0v) is 16.5. The average Bonchev–Trinajstić information content (AvgIpc) is 2.64. The molecule has 144 valence electrons. The number of ether oxygens (including phenoxy) is 2. The van der Waals surface area contributed by atoms with E-state index in [9.17, 15) is 0 Å². The molecule has 2 aliphatic rings. The highest BCUT2D eigenvalue weighted by atomic mass is 16.5. The van der Waals surface area contributed by atoms with E-state index in [-0.39, 0.29) is 17.6 Å². The number of para-hydroxylation sites is 1. The molecule has 2 heterocycles. The molecule has 2 N–H and O–H groups in total. The van der Waals surface area contributed by atoms with Crippen molar-refractivity contribution in [2.24, 2.45) is 16.3 Å². The van der Waals surface area contributed by atoms with Gasteiger partial charge in [-0.15, -0.1) is 0 Å². The minimum Gasteiger partial charge on any atom is -0.493 e. The van der Waals surface area contributed by atoms with Crippen LogP contribution in [0.5, 0.6) is 5.75 Å². The van der Waals surface area contributed by atoms with Crippen LogP contribution in [-0.2, 0) is 4.74 Å². The Hall–Kier alpha value is -1.75. The number of nitrogens with zero attached hydrogens (tertiary/aromatic N) is 1. The summed E-state index contributed by atoms with van der Waals surface area (Å²) in [7, 11) is 1.83. The van der Waals surface area contributed by atoms with Gasteiger partial charge in [0.05, 0.1) is 18.8 Å². The van der Waals surface area contributed by atoms with Crippen LogP contribution in [0.3, 0.4) is 0 Å².